The van der Waals surface area contributed by atoms with Gasteiger partial charge < -0.3 is 9.47 Å². The van der Waals surface area contributed by atoms with Gasteiger partial charge in [0, 0.05) is 20.0 Å². The van der Waals surface area contributed by atoms with Crippen LogP contribution in [0.5, 0.6) is 0 Å². The van der Waals surface area contributed by atoms with Crippen molar-refractivity contribution in [1.29, 1.82) is 0 Å². The Kier molecular flexibility index (Phi) is 2.56. The predicted molar refractivity (Wildman–Crippen MR) is 75.1 cm³/mol. The summed E-state index contributed by atoms with van der Waals surface area (Å²) in [6.07, 6.45) is 6.96. The molecule has 0 radical (unpaired) electrons. The Morgan fingerprint density at radius 1 is 1.35 bits per heavy atom. The van der Waals surface area contributed by atoms with Gasteiger partial charge in [0.2, 0.25) is 0 Å². The van der Waals surface area contributed by atoms with Crippen molar-refractivity contribution in [3.8, 4) is 0 Å². The van der Waals surface area contributed by atoms with E-state index < -0.39 is 5.79 Å². The number of methoxy groups -OCH3 is 1. The Hall–Kier alpha value is -0.410. The van der Waals surface area contributed by atoms with Crippen LogP contribution < -0.4 is 0 Å². The Morgan fingerprint density at radius 2 is 2.15 bits per heavy atom. The number of ether oxygens (including phenoxy) is 2. The minimum atomic E-state index is -0.624. The predicted octanol–water partition coefficient (Wildman–Crippen LogP) is 3.31. The molecular weight excluding hydrogens is 252 g/mol. The number of rotatable bonds is 1. The van der Waals surface area contributed by atoms with Gasteiger partial charge >= 0.3 is 0 Å². The molecule has 0 aromatic carbocycles. The molecule has 6 atom stereocenters. The summed E-state index contributed by atoms with van der Waals surface area (Å²) in [6.45, 7) is 4.60. The average Bonchev–Trinajstić information content (AvgIpc) is 2.88. The number of carbonyl (C=O) groups is 1. The lowest BCUT2D eigenvalue weighted by atomic mass is 9.54. The molecule has 3 saturated carbocycles. The normalized spacial score (nSPS) is 57.5. The van der Waals surface area contributed by atoms with Crippen molar-refractivity contribution in [3.05, 3.63) is 0 Å². The van der Waals surface area contributed by atoms with E-state index in [1.54, 1.807) is 7.11 Å². The smallest absolute Gasteiger partial charge is 0.181 e. The van der Waals surface area contributed by atoms with Crippen molar-refractivity contribution < 1.29 is 14.3 Å². The first-order valence-corrected chi connectivity index (χ1v) is 8.25. The fraction of sp³-hybridized carbons (Fsp3) is 0.941. The molecule has 20 heavy (non-hydrogen) atoms. The molecule has 0 aromatic heterocycles. The third kappa shape index (κ3) is 1.32. The zero-order valence-electron chi connectivity index (χ0n) is 12.9. The summed E-state index contributed by atoms with van der Waals surface area (Å²) in [7, 11) is 1.74. The highest BCUT2D eigenvalue weighted by Crippen LogP contribution is 2.69. The summed E-state index contributed by atoms with van der Waals surface area (Å²) in [6, 6.07) is 0. The molecule has 4 fully saturated rings. The second-order valence-electron chi connectivity index (χ2n) is 7.94. The summed E-state index contributed by atoms with van der Waals surface area (Å²) in [5.74, 6) is 1.77. The van der Waals surface area contributed by atoms with E-state index in [1.807, 2.05) is 0 Å². The lowest BCUT2D eigenvalue weighted by Gasteiger charge is -2.48. The SMILES string of the molecule is COC12CCCC(=O)C13C[C@@H]1[C@H](C)CC[C@H]1[C@](C)(C3)O2. The van der Waals surface area contributed by atoms with E-state index in [1.165, 1.54) is 12.8 Å². The number of Topliss-reactive ketones (excluding diaryl/α,β-unsaturated/α-hetero) is 1. The quantitative estimate of drug-likeness (QED) is 0.738. The Bertz CT molecular complexity index is 461. The highest BCUT2D eigenvalue weighted by Gasteiger charge is 2.74. The number of hydrogen-bond acceptors (Lipinski definition) is 3. The van der Waals surface area contributed by atoms with E-state index in [0.717, 1.165) is 38.0 Å². The van der Waals surface area contributed by atoms with E-state index in [4.69, 9.17) is 9.47 Å². The van der Waals surface area contributed by atoms with Crippen LogP contribution in [0.3, 0.4) is 0 Å². The zero-order valence-corrected chi connectivity index (χ0v) is 12.9. The molecule has 0 aromatic rings. The first-order valence-electron chi connectivity index (χ1n) is 8.25. The lowest BCUT2D eigenvalue weighted by Crippen LogP contribution is -2.55. The molecule has 1 saturated heterocycles. The monoisotopic (exact) mass is 278 g/mol. The first-order chi connectivity index (χ1) is 9.46. The van der Waals surface area contributed by atoms with Crippen LogP contribution in [-0.4, -0.2) is 24.3 Å². The van der Waals surface area contributed by atoms with E-state index in [9.17, 15) is 4.79 Å². The van der Waals surface area contributed by atoms with Crippen LogP contribution in [0.1, 0.15) is 58.8 Å². The molecule has 1 heterocycles. The van der Waals surface area contributed by atoms with Crippen LogP contribution in [0.2, 0.25) is 0 Å². The number of hydrogen-bond donors (Lipinski definition) is 0. The van der Waals surface area contributed by atoms with E-state index >= 15 is 0 Å². The van der Waals surface area contributed by atoms with Gasteiger partial charge in [-0.3, -0.25) is 4.79 Å². The van der Waals surface area contributed by atoms with Gasteiger partial charge in [-0.2, -0.15) is 0 Å². The number of carbonyl (C=O) groups excluding carboxylic acids is 1. The summed E-state index contributed by atoms with van der Waals surface area (Å²) < 4.78 is 12.5. The molecule has 112 valence electrons. The molecule has 3 nitrogen and oxygen atoms in total. The molecule has 3 heteroatoms. The molecule has 4 rings (SSSR count). The van der Waals surface area contributed by atoms with Crippen molar-refractivity contribution in [2.45, 2.75) is 70.2 Å². The Balaban J connectivity index is 1.84. The van der Waals surface area contributed by atoms with Gasteiger partial charge in [0.05, 0.1) is 11.0 Å². The van der Waals surface area contributed by atoms with Gasteiger partial charge in [0.15, 0.2) is 5.79 Å². The van der Waals surface area contributed by atoms with Gasteiger partial charge in [-0.05, 0) is 50.4 Å². The van der Waals surface area contributed by atoms with Crippen LogP contribution in [-0.2, 0) is 14.3 Å². The van der Waals surface area contributed by atoms with Crippen LogP contribution in [0.25, 0.3) is 0 Å². The highest BCUT2D eigenvalue weighted by atomic mass is 16.7. The van der Waals surface area contributed by atoms with Gasteiger partial charge in [-0.25, -0.2) is 0 Å². The molecule has 0 amide bonds. The molecular formula is C17H26O3. The van der Waals surface area contributed by atoms with Crippen LogP contribution in [0, 0.1) is 23.2 Å². The van der Waals surface area contributed by atoms with Gasteiger partial charge in [-0.15, -0.1) is 0 Å². The third-order valence-electron chi connectivity index (χ3n) is 7.10. The van der Waals surface area contributed by atoms with E-state index in [0.29, 0.717) is 17.6 Å². The Morgan fingerprint density at radius 3 is 2.90 bits per heavy atom. The zero-order chi connectivity index (χ0) is 14.2. The minimum absolute atomic E-state index is 0.149. The summed E-state index contributed by atoms with van der Waals surface area (Å²) in [4.78, 5) is 12.8. The highest BCUT2D eigenvalue weighted by molar-refractivity contribution is 5.87. The maximum Gasteiger partial charge on any atom is 0.181 e. The largest absolute Gasteiger partial charge is 0.352 e. The van der Waals surface area contributed by atoms with Crippen LogP contribution in [0.4, 0.5) is 0 Å². The second-order valence-corrected chi connectivity index (χ2v) is 7.94. The van der Waals surface area contributed by atoms with Gasteiger partial charge in [-0.1, -0.05) is 13.3 Å². The maximum absolute atomic E-state index is 12.8. The summed E-state index contributed by atoms with van der Waals surface area (Å²) in [5, 5.41) is 0. The number of ketones is 1. The summed E-state index contributed by atoms with van der Waals surface area (Å²) >= 11 is 0. The fourth-order valence-corrected chi connectivity index (χ4v) is 6.23. The average molecular weight is 278 g/mol. The molecule has 0 N–H and O–H groups in total. The van der Waals surface area contributed by atoms with Crippen LogP contribution in [0.15, 0.2) is 0 Å². The topological polar surface area (TPSA) is 35.5 Å². The molecule has 1 aliphatic heterocycles. The van der Waals surface area contributed by atoms with Crippen molar-refractivity contribution >= 4 is 5.78 Å². The second kappa shape index (κ2) is 3.86. The molecule has 2 bridgehead atoms. The van der Waals surface area contributed by atoms with E-state index in [-0.39, 0.29) is 11.0 Å². The molecule has 2 unspecified atom stereocenters. The van der Waals surface area contributed by atoms with Crippen LogP contribution >= 0.6 is 0 Å². The number of fused-ring (bicyclic) bond motifs is 3. The van der Waals surface area contributed by atoms with Crippen molar-refractivity contribution in [2.75, 3.05) is 7.11 Å². The van der Waals surface area contributed by atoms with E-state index in [2.05, 4.69) is 13.8 Å². The van der Waals surface area contributed by atoms with Gasteiger partial charge in [0.1, 0.15) is 5.78 Å². The summed E-state index contributed by atoms with van der Waals surface area (Å²) in [5.41, 5.74) is -0.502. The molecule has 1 spiro atoms. The van der Waals surface area contributed by atoms with Crippen molar-refractivity contribution in [2.24, 2.45) is 23.2 Å². The van der Waals surface area contributed by atoms with Crippen molar-refractivity contribution in [1.82, 2.24) is 0 Å². The minimum Gasteiger partial charge on any atom is -0.352 e. The molecule has 4 aliphatic rings. The third-order valence-corrected chi connectivity index (χ3v) is 7.10. The maximum atomic E-state index is 12.8. The van der Waals surface area contributed by atoms with Crippen molar-refractivity contribution in [3.63, 3.8) is 0 Å². The standard InChI is InChI=1S/C17H26O3/c1-11-6-7-13-12(11)9-16-10-15(13,2)20-17(16,19-3)8-4-5-14(16)18/h11-13H,4-10H2,1-3H3/t11-,12-,13-,15+,16?,17?/m1/s1. The van der Waals surface area contributed by atoms with Gasteiger partial charge in [0.25, 0.3) is 0 Å². The first kappa shape index (κ1) is 13.3. The fourth-order valence-electron chi connectivity index (χ4n) is 6.23. The molecule has 3 aliphatic carbocycles. The Labute approximate surface area is 121 Å². The lowest BCUT2D eigenvalue weighted by molar-refractivity contribution is -0.275.